The number of nitrogens with two attached hydrogens (primary N) is 1. The van der Waals surface area contributed by atoms with E-state index in [1.807, 2.05) is 0 Å². The first kappa shape index (κ1) is 11.2. The third-order valence-corrected chi connectivity index (χ3v) is 4.73. The lowest BCUT2D eigenvalue weighted by Gasteiger charge is -2.48. The third kappa shape index (κ3) is 2.00. The molecule has 0 radical (unpaired) electrons. The SMILES string of the molecule is NNC(CC1CC1)C1(c2ccccc2)CCC1. The summed E-state index contributed by atoms with van der Waals surface area (Å²) in [6.07, 6.45) is 7.99. The van der Waals surface area contributed by atoms with E-state index in [9.17, 15) is 0 Å². The Morgan fingerprint density at radius 1 is 1.24 bits per heavy atom. The van der Waals surface area contributed by atoms with Gasteiger partial charge in [-0.1, -0.05) is 49.6 Å². The van der Waals surface area contributed by atoms with Crippen molar-refractivity contribution < 1.29 is 0 Å². The molecule has 1 unspecified atom stereocenters. The predicted octanol–water partition coefficient (Wildman–Crippen LogP) is 2.74. The lowest BCUT2D eigenvalue weighted by Crippen LogP contribution is -2.55. The van der Waals surface area contributed by atoms with Gasteiger partial charge in [-0.15, -0.1) is 0 Å². The smallest absolute Gasteiger partial charge is 0.0310 e. The third-order valence-electron chi connectivity index (χ3n) is 4.73. The first-order valence-corrected chi connectivity index (χ1v) is 6.87. The van der Waals surface area contributed by atoms with Crippen LogP contribution in [0.4, 0.5) is 0 Å². The number of rotatable bonds is 5. The van der Waals surface area contributed by atoms with Crippen molar-refractivity contribution in [1.29, 1.82) is 0 Å². The molecule has 3 rings (SSSR count). The Morgan fingerprint density at radius 2 is 1.94 bits per heavy atom. The molecule has 2 aliphatic rings. The number of hydrogen-bond donors (Lipinski definition) is 2. The van der Waals surface area contributed by atoms with Crippen LogP contribution in [-0.2, 0) is 5.41 Å². The highest BCUT2D eigenvalue weighted by Crippen LogP contribution is 2.49. The Morgan fingerprint density at radius 3 is 2.41 bits per heavy atom. The summed E-state index contributed by atoms with van der Waals surface area (Å²) < 4.78 is 0. The molecule has 2 aliphatic carbocycles. The fraction of sp³-hybridized carbons (Fsp3) is 0.600. The van der Waals surface area contributed by atoms with E-state index in [1.165, 1.54) is 44.1 Å². The lowest BCUT2D eigenvalue weighted by atomic mass is 9.59. The molecule has 2 nitrogen and oxygen atoms in total. The molecule has 2 heteroatoms. The number of hydrazine groups is 1. The van der Waals surface area contributed by atoms with Crippen molar-refractivity contribution in [2.24, 2.45) is 11.8 Å². The van der Waals surface area contributed by atoms with Gasteiger partial charge in [0, 0.05) is 11.5 Å². The molecule has 2 fully saturated rings. The molecule has 92 valence electrons. The highest BCUT2D eigenvalue weighted by atomic mass is 15.2. The van der Waals surface area contributed by atoms with Gasteiger partial charge in [-0.3, -0.25) is 11.3 Å². The summed E-state index contributed by atoms with van der Waals surface area (Å²) in [5, 5.41) is 0. The molecular weight excluding hydrogens is 208 g/mol. The van der Waals surface area contributed by atoms with E-state index >= 15 is 0 Å². The summed E-state index contributed by atoms with van der Waals surface area (Å²) in [5.41, 5.74) is 4.91. The summed E-state index contributed by atoms with van der Waals surface area (Å²) in [6, 6.07) is 11.4. The number of hydrogen-bond acceptors (Lipinski definition) is 2. The van der Waals surface area contributed by atoms with Crippen LogP contribution in [0.15, 0.2) is 30.3 Å². The first-order valence-electron chi connectivity index (χ1n) is 6.87. The fourth-order valence-electron chi connectivity index (χ4n) is 3.31. The molecule has 0 heterocycles. The van der Waals surface area contributed by atoms with E-state index in [0.29, 0.717) is 11.5 Å². The molecule has 0 amide bonds. The van der Waals surface area contributed by atoms with Crippen LogP contribution in [0.5, 0.6) is 0 Å². The van der Waals surface area contributed by atoms with Gasteiger partial charge in [-0.05, 0) is 30.7 Å². The van der Waals surface area contributed by atoms with Crippen LogP contribution in [0.1, 0.15) is 44.1 Å². The zero-order chi connectivity index (χ0) is 11.7. The average Bonchev–Trinajstić information content (AvgIpc) is 3.12. The summed E-state index contributed by atoms with van der Waals surface area (Å²) in [6.45, 7) is 0. The Balaban J connectivity index is 1.84. The van der Waals surface area contributed by atoms with Crippen molar-refractivity contribution in [3.8, 4) is 0 Å². The van der Waals surface area contributed by atoms with E-state index in [2.05, 4.69) is 35.8 Å². The molecule has 2 saturated carbocycles. The second kappa shape index (κ2) is 4.43. The van der Waals surface area contributed by atoms with E-state index in [1.54, 1.807) is 0 Å². The summed E-state index contributed by atoms with van der Waals surface area (Å²) >= 11 is 0. The van der Waals surface area contributed by atoms with Crippen LogP contribution < -0.4 is 11.3 Å². The van der Waals surface area contributed by atoms with E-state index in [4.69, 9.17) is 5.84 Å². The number of benzene rings is 1. The van der Waals surface area contributed by atoms with Crippen molar-refractivity contribution >= 4 is 0 Å². The molecule has 0 spiro atoms. The molecule has 0 bridgehead atoms. The monoisotopic (exact) mass is 230 g/mol. The zero-order valence-corrected chi connectivity index (χ0v) is 10.4. The van der Waals surface area contributed by atoms with Gasteiger partial charge < -0.3 is 0 Å². The highest BCUT2D eigenvalue weighted by molar-refractivity contribution is 5.30. The summed E-state index contributed by atoms with van der Waals surface area (Å²) in [7, 11) is 0. The predicted molar refractivity (Wildman–Crippen MR) is 70.4 cm³/mol. The molecule has 1 atom stereocenters. The van der Waals surface area contributed by atoms with Crippen LogP contribution in [0, 0.1) is 5.92 Å². The van der Waals surface area contributed by atoms with Gasteiger partial charge in [0.15, 0.2) is 0 Å². The van der Waals surface area contributed by atoms with Crippen LogP contribution in [0.3, 0.4) is 0 Å². The summed E-state index contributed by atoms with van der Waals surface area (Å²) in [5.74, 6) is 6.76. The van der Waals surface area contributed by atoms with Crippen LogP contribution >= 0.6 is 0 Å². The minimum Gasteiger partial charge on any atom is -0.271 e. The van der Waals surface area contributed by atoms with Gasteiger partial charge in [0.1, 0.15) is 0 Å². The van der Waals surface area contributed by atoms with Crippen LogP contribution in [0.2, 0.25) is 0 Å². The largest absolute Gasteiger partial charge is 0.271 e. The second-order valence-electron chi connectivity index (χ2n) is 5.77. The quantitative estimate of drug-likeness (QED) is 0.603. The fourth-order valence-corrected chi connectivity index (χ4v) is 3.31. The van der Waals surface area contributed by atoms with Gasteiger partial charge in [0.2, 0.25) is 0 Å². The van der Waals surface area contributed by atoms with E-state index < -0.39 is 0 Å². The van der Waals surface area contributed by atoms with Crippen LogP contribution in [0.25, 0.3) is 0 Å². The maximum absolute atomic E-state index is 5.83. The average molecular weight is 230 g/mol. The molecule has 0 aliphatic heterocycles. The zero-order valence-electron chi connectivity index (χ0n) is 10.4. The Labute approximate surface area is 104 Å². The van der Waals surface area contributed by atoms with Crippen molar-refractivity contribution in [2.45, 2.75) is 50.0 Å². The molecule has 1 aromatic carbocycles. The van der Waals surface area contributed by atoms with Gasteiger partial charge >= 0.3 is 0 Å². The van der Waals surface area contributed by atoms with Crippen molar-refractivity contribution in [1.82, 2.24) is 5.43 Å². The minimum absolute atomic E-state index is 0.318. The molecule has 0 saturated heterocycles. The van der Waals surface area contributed by atoms with Crippen molar-refractivity contribution in [2.75, 3.05) is 0 Å². The maximum Gasteiger partial charge on any atom is 0.0310 e. The lowest BCUT2D eigenvalue weighted by molar-refractivity contribution is 0.157. The highest BCUT2D eigenvalue weighted by Gasteiger charge is 2.46. The standard InChI is InChI=1S/C15H22N2/c16-17-14(11-12-7-8-12)15(9-4-10-15)13-5-2-1-3-6-13/h1-3,5-6,12,14,17H,4,7-11,16H2. The van der Waals surface area contributed by atoms with Crippen molar-refractivity contribution in [3.63, 3.8) is 0 Å². The Hall–Kier alpha value is -0.860. The second-order valence-corrected chi connectivity index (χ2v) is 5.77. The maximum atomic E-state index is 5.83. The first-order chi connectivity index (χ1) is 8.35. The Kier molecular flexibility index (Phi) is 2.93. The Bertz CT molecular complexity index is 366. The molecule has 0 aromatic heterocycles. The summed E-state index contributed by atoms with van der Waals surface area (Å²) in [4.78, 5) is 0. The molecular formula is C15H22N2. The molecule has 3 N–H and O–H groups in total. The van der Waals surface area contributed by atoms with Crippen LogP contribution in [-0.4, -0.2) is 6.04 Å². The number of nitrogens with one attached hydrogen (secondary N) is 1. The van der Waals surface area contributed by atoms with E-state index in [-0.39, 0.29) is 0 Å². The molecule has 17 heavy (non-hydrogen) atoms. The minimum atomic E-state index is 0.318. The normalized spacial score (nSPS) is 24.1. The van der Waals surface area contributed by atoms with Gasteiger partial charge in [0.25, 0.3) is 0 Å². The van der Waals surface area contributed by atoms with Crippen molar-refractivity contribution in [3.05, 3.63) is 35.9 Å². The molecule has 1 aromatic rings. The van der Waals surface area contributed by atoms with Gasteiger partial charge in [0.05, 0.1) is 0 Å². The van der Waals surface area contributed by atoms with E-state index in [0.717, 1.165) is 5.92 Å². The van der Waals surface area contributed by atoms with Gasteiger partial charge in [-0.2, -0.15) is 0 Å². The topological polar surface area (TPSA) is 38.0 Å². The van der Waals surface area contributed by atoms with Gasteiger partial charge in [-0.25, -0.2) is 0 Å².